The molecule has 0 saturated carbocycles. The molecule has 1 aromatic heterocycles. The second kappa shape index (κ2) is 3.87. The minimum absolute atomic E-state index is 0.207. The van der Waals surface area contributed by atoms with Gasteiger partial charge in [-0.25, -0.2) is 4.39 Å². The number of thiophene rings is 1. The molecule has 0 aromatic carbocycles. The number of amides is 1. The van der Waals surface area contributed by atoms with Crippen molar-refractivity contribution in [1.29, 1.82) is 0 Å². The maximum atomic E-state index is 13.0. The molecular weight excluding hydrogens is 225 g/mol. The summed E-state index contributed by atoms with van der Waals surface area (Å²) < 4.78 is 13.0. The van der Waals surface area contributed by atoms with Gasteiger partial charge in [-0.3, -0.25) is 4.79 Å². The van der Waals surface area contributed by atoms with Gasteiger partial charge in [-0.05, 0) is 11.4 Å². The molecule has 5 heteroatoms. The number of carbonyl (C=O) groups excluding carboxylic acids is 1. The van der Waals surface area contributed by atoms with Crippen LogP contribution in [0, 0.1) is 11.7 Å². The monoisotopic (exact) mass is 233 g/mol. The molecule has 2 heterocycles. The van der Waals surface area contributed by atoms with Crippen LogP contribution in [0.2, 0.25) is 0 Å². The Kier molecular flexibility index (Phi) is 2.74. The van der Waals surface area contributed by atoms with Gasteiger partial charge in [-0.2, -0.15) is 0 Å². The van der Waals surface area contributed by atoms with Crippen LogP contribution in [0.4, 0.5) is 4.39 Å². The number of hydrogen-bond acceptors (Lipinski definition) is 2. The Morgan fingerprint density at radius 3 is 2.93 bits per heavy atom. The molecule has 1 aromatic rings. The predicted octanol–water partition coefficient (Wildman–Crippen LogP) is 2.20. The molecule has 0 unspecified atom stereocenters. The van der Waals surface area contributed by atoms with Crippen molar-refractivity contribution < 1.29 is 9.18 Å². The van der Waals surface area contributed by atoms with Gasteiger partial charge in [-0.1, -0.05) is 0 Å². The normalized spacial score (nSPS) is 16.9. The zero-order valence-corrected chi connectivity index (χ0v) is 8.95. The molecule has 0 bridgehead atoms. The summed E-state index contributed by atoms with van der Waals surface area (Å²) in [6.07, 6.45) is 0. The highest BCUT2D eigenvalue weighted by Crippen LogP contribution is 2.23. The third kappa shape index (κ3) is 1.64. The van der Waals surface area contributed by atoms with Crippen molar-refractivity contribution in [3.63, 3.8) is 0 Å². The zero-order chi connectivity index (χ0) is 10.1. The van der Waals surface area contributed by atoms with Crippen molar-refractivity contribution in [2.45, 2.75) is 0 Å². The van der Waals surface area contributed by atoms with Crippen LogP contribution in [-0.2, 0) is 0 Å². The van der Waals surface area contributed by atoms with E-state index < -0.39 is 5.82 Å². The van der Waals surface area contributed by atoms with Crippen molar-refractivity contribution in [3.8, 4) is 0 Å². The molecule has 2 rings (SSSR count). The summed E-state index contributed by atoms with van der Waals surface area (Å²) in [7, 11) is 0. The third-order valence-corrected chi connectivity index (χ3v) is 3.59. The number of nitrogens with zero attached hydrogens (tertiary/aromatic N) is 1. The van der Waals surface area contributed by atoms with Gasteiger partial charge in [0, 0.05) is 24.9 Å². The molecule has 0 N–H and O–H groups in total. The Morgan fingerprint density at radius 2 is 2.43 bits per heavy atom. The fourth-order valence-electron chi connectivity index (χ4n) is 1.42. The van der Waals surface area contributed by atoms with E-state index in [2.05, 4.69) is 0 Å². The lowest BCUT2D eigenvalue weighted by Crippen LogP contribution is -2.50. The topological polar surface area (TPSA) is 20.3 Å². The Morgan fingerprint density at radius 1 is 1.71 bits per heavy atom. The van der Waals surface area contributed by atoms with Crippen molar-refractivity contribution in [3.05, 3.63) is 22.1 Å². The molecule has 1 saturated heterocycles. The van der Waals surface area contributed by atoms with Crippen LogP contribution in [0.25, 0.3) is 0 Å². The van der Waals surface area contributed by atoms with Gasteiger partial charge in [0.05, 0.1) is 0 Å². The Labute approximate surface area is 90.3 Å². The molecule has 0 radical (unpaired) electrons. The average Bonchev–Trinajstić information content (AvgIpc) is 2.49. The summed E-state index contributed by atoms with van der Waals surface area (Å²) in [5.74, 6) is 0.313. The first-order valence-electron chi connectivity index (χ1n) is 4.30. The largest absolute Gasteiger partial charge is 0.337 e. The van der Waals surface area contributed by atoms with E-state index in [1.165, 1.54) is 6.07 Å². The fraction of sp³-hybridized carbons (Fsp3) is 0.444. The molecule has 1 aliphatic heterocycles. The van der Waals surface area contributed by atoms with Crippen LogP contribution in [0.1, 0.15) is 9.67 Å². The second-order valence-corrected chi connectivity index (χ2v) is 4.55. The second-order valence-electron chi connectivity index (χ2n) is 3.33. The highest BCUT2D eigenvalue weighted by atomic mass is 35.5. The van der Waals surface area contributed by atoms with E-state index in [1.54, 1.807) is 10.3 Å². The van der Waals surface area contributed by atoms with Crippen molar-refractivity contribution >= 4 is 28.8 Å². The quantitative estimate of drug-likeness (QED) is 0.718. The standard InChI is InChI=1S/C9H9ClFNOS/c10-3-6-4-12(5-6)9(13)8-7(11)1-2-14-8/h1-2,6H,3-5H2. The third-order valence-electron chi connectivity index (χ3n) is 2.27. The summed E-state index contributed by atoms with van der Waals surface area (Å²) in [4.78, 5) is 13.5. The molecule has 1 fully saturated rings. The molecule has 14 heavy (non-hydrogen) atoms. The number of carbonyl (C=O) groups is 1. The van der Waals surface area contributed by atoms with E-state index in [-0.39, 0.29) is 10.8 Å². The lowest BCUT2D eigenvalue weighted by Gasteiger charge is -2.37. The van der Waals surface area contributed by atoms with E-state index in [0.29, 0.717) is 24.9 Å². The van der Waals surface area contributed by atoms with Crippen molar-refractivity contribution in [2.75, 3.05) is 19.0 Å². The first kappa shape index (κ1) is 9.93. The first-order chi connectivity index (χ1) is 6.72. The van der Waals surface area contributed by atoms with Gasteiger partial charge < -0.3 is 4.90 Å². The molecule has 0 spiro atoms. The summed E-state index contributed by atoms with van der Waals surface area (Å²) in [6, 6.07) is 1.32. The zero-order valence-electron chi connectivity index (χ0n) is 7.37. The number of hydrogen-bond donors (Lipinski definition) is 0. The van der Waals surface area contributed by atoms with Gasteiger partial charge in [-0.15, -0.1) is 22.9 Å². The fourth-order valence-corrected chi connectivity index (χ4v) is 2.35. The molecule has 0 atom stereocenters. The van der Waals surface area contributed by atoms with E-state index >= 15 is 0 Å². The Balaban J connectivity index is 2.01. The number of halogens is 2. The summed E-state index contributed by atoms with van der Waals surface area (Å²) >= 11 is 6.76. The predicted molar refractivity (Wildman–Crippen MR) is 54.4 cm³/mol. The van der Waals surface area contributed by atoms with Crippen LogP contribution in [0.5, 0.6) is 0 Å². The van der Waals surface area contributed by atoms with Crippen LogP contribution in [-0.4, -0.2) is 29.8 Å². The summed E-state index contributed by atoms with van der Waals surface area (Å²) in [6.45, 7) is 1.30. The number of rotatable bonds is 2. The first-order valence-corrected chi connectivity index (χ1v) is 5.72. The molecular formula is C9H9ClFNOS. The van der Waals surface area contributed by atoms with Crippen molar-refractivity contribution in [1.82, 2.24) is 4.90 Å². The van der Waals surface area contributed by atoms with Gasteiger partial charge in [0.25, 0.3) is 5.91 Å². The van der Waals surface area contributed by atoms with Gasteiger partial charge in [0.1, 0.15) is 10.7 Å². The van der Waals surface area contributed by atoms with E-state index in [0.717, 1.165) is 11.3 Å². The van der Waals surface area contributed by atoms with Crippen LogP contribution in [0.15, 0.2) is 11.4 Å². The highest BCUT2D eigenvalue weighted by molar-refractivity contribution is 7.12. The van der Waals surface area contributed by atoms with Crippen LogP contribution in [0.3, 0.4) is 0 Å². The van der Waals surface area contributed by atoms with Gasteiger partial charge in [0.2, 0.25) is 0 Å². The van der Waals surface area contributed by atoms with Gasteiger partial charge >= 0.3 is 0 Å². The maximum Gasteiger partial charge on any atom is 0.266 e. The van der Waals surface area contributed by atoms with E-state index in [1.807, 2.05) is 0 Å². The number of likely N-dealkylation sites (tertiary alicyclic amines) is 1. The summed E-state index contributed by atoms with van der Waals surface area (Å²) in [5, 5.41) is 1.58. The van der Waals surface area contributed by atoms with Gasteiger partial charge in [0.15, 0.2) is 0 Å². The Hall–Kier alpha value is -0.610. The molecule has 0 aliphatic carbocycles. The minimum Gasteiger partial charge on any atom is -0.337 e. The summed E-state index contributed by atoms with van der Waals surface area (Å²) in [5.41, 5.74) is 0. The molecule has 1 amide bonds. The molecule has 2 nitrogen and oxygen atoms in total. The average molecular weight is 234 g/mol. The van der Waals surface area contributed by atoms with Crippen molar-refractivity contribution in [2.24, 2.45) is 5.92 Å². The van der Waals surface area contributed by atoms with E-state index in [9.17, 15) is 9.18 Å². The lowest BCUT2D eigenvalue weighted by atomic mass is 10.0. The lowest BCUT2D eigenvalue weighted by molar-refractivity contribution is 0.0536. The Bertz CT molecular complexity index is 348. The van der Waals surface area contributed by atoms with Crippen LogP contribution >= 0.6 is 22.9 Å². The molecule has 1 aliphatic rings. The number of alkyl halides is 1. The smallest absolute Gasteiger partial charge is 0.266 e. The highest BCUT2D eigenvalue weighted by Gasteiger charge is 2.32. The van der Waals surface area contributed by atoms with E-state index in [4.69, 9.17) is 11.6 Å². The molecule has 76 valence electrons. The van der Waals surface area contributed by atoms with Crippen LogP contribution < -0.4 is 0 Å². The minimum atomic E-state index is -0.422. The SMILES string of the molecule is O=C(c1sccc1F)N1CC(CCl)C1. The maximum absolute atomic E-state index is 13.0.